The topological polar surface area (TPSA) is 12.4 Å². The largest absolute Gasteiger partial charge is 0.220 e. The van der Waals surface area contributed by atoms with Crippen molar-refractivity contribution in [2.24, 2.45) is 4.40 Å². The molecule has 0 fully saturated rings. The summed E-state index contributed by atoms with van der Waals surface area (Å²) in [5, 5.41) is 0. The normalized spacial score (nSPS) is 17.9. The van der Waals surface area contributed by atoms with Gasteiger partial charge in [0.05, 0.1) is 5.71 Å². The zero-order valence-corrected chi connectivity index (χ0v) is 12.3. The maximum atomic E-state index is 4.69. The third-order valence-corrected chi connectivity index (χ3v) is 4.07. The van der Waals surface area contributed by atoms with E-state index in [0.29, 0.717) is 0 Å². The maximum absolute atomic E-state index is 4.69. The monoisotopic (exact) mass is 297 g/mol. The van der Waals surface area contributed by atoms with E-state index in [1.165, 1.54) is 21.3 Å². The summed E-state index contributed by atoms with van der Waals surface area (Å²) >= 11 is 5.28. The highest BCUT2D eigenvalue weighted by Crippen LogP contribution is 2.32. The minimum atomic E-state index is 0.196. The Morgan fingerprint density at radius 3 is 2.69 bits per heavy atom. The number of benzene rings is 1. The lowest BCUT2D eigenvalue weighted by atomic mass is 10.1. The Kier molecular flexibility index (Phi) is 3.45. The molecule has 0 radical (unpaired) electrons. The average Bonchev–Trinajstić information content (AvgIpc) is 2.58. The standard InChI is InChI=1S/C13H16BrNS/c1-13(2,3)16-15-12-8-7-9-10(12)5-4-6-11(9)14/h4-6H,7-8H2,1-3H3. The molecule has 1 aliphatic carbocycles. The molecule has 0 aliphatic heterocycles. The van der Waals surface area contributed by atoms with Gasteiger partial charge in [-0.3, -0.25) is 0 Å². The van der Waals surface area contributed by atoms with Gasteiger partial charge in [0, 0.05) is 14.8 Å². The summed E-state index contributed by atoms with van der Waals surface area (Å²) in [5.74, 6) is 0. The smallest absolute Gasteiger partial charge is 0.0565 e. The van der Waals surface area contributed by atoms with Crippen molar-refractivity contribution in [1.29, 1.82) is 0 Å². The van der Waals surface area contributed by atoms with Gasteiger partial charge in [-0.05, 0) is 57.2 Å². The van der Waals surface area contributed by atoms with Crippen LogP contribution in [0.3, 0.4) is 0 Å². The van der Waals surface area contributed by atoms with E-state index < -0.39 is 0 Å². The summed E-state index contributed by atoms with van der Waals surface area (Å²) in [6.45, 7) is 6.58. The van der Waals surface area contributed by atoms with Crippen molar-refractivity contribution >= 4 is 33.6 Å². The molecule has 1 nitrogen and oxygen atoms in total. The van der Waals surface area contributed by atoms with Crippen LogP contribution in [0.5, 0.6) is 0 Å². The highest BCUT2D eigenvalue weighted by molar-refractivity contribution is 9.10. The highest BCUT2D eigenvalue weighted by Gasteiger charge is 2.20. The predicted molar refractivity (Wildman–Crippen MR) is 76.3 cm³/mol. The molecule has 0 N–H and O–H groups in total. The zero-order chi connectivity index (χ0) is 11.8. The van der Waals surface area contributed by atoms with Crippen LogP contribution in [0.2, 0.25) is 0 Å². The van der Waals surface area contributed by atoms with Crippen LogP contribution < -0.4 is 0 Å². The molecule has 0 amide bonds. The summed E-state index contributed by atoms with van der Waals surface area (Å²) < 4.78 is 6.10. The third kappa shape index (κ3) is 2.69. The number of hydrogen-bond acceptors (Lipinski definition) is 2. The average molecular weight is 298 g/mol. The van der Waals surface area contributed by atoms with Crippen LogP contribution >= 0.6 is 27.9 Å². The van der Waals surface area contributed by atoms with Crippen molar-refractivity contribution in [2.45, 2.75) is 38.4 Å². The molecule has 0 bridgehead atoms. The second kappa shape index (κ2) is 4.53. The lowest BCUT2D eigenvalue weighted by molar-refractivity contribution is 0.804. The van der Waals surface area contributed by atoms with E-state index >= 15 is 0 Å². The van der Waals surface area contributed by atoms with Gasteiger partial charge in [0.25, 0.3) is 0 Å². The third-order valence-electron chi connectivity index (χ3n) is 2.47. The Bertz CT molecular complexity index is 432. The molecular weight excluding hydrogens is 282 g/mol. The second-order valence-electron chi connectivity index (χ2n) is 5.01. The minimum Gasteiger partial charge on any atom is -0.220 e. The summed E-state index contributed by atoms with van der Waals surface area (Å²) in [6, 6.07) is 6.37. The fraction of sp³-hybridized carbons (Fsp3) is 0.462. The van der Waals surface area contributed by atoms with Crippen molar-refractivity contribution in [2.75, 3.05) is 0 Å². The lowest BCUT2D eigenvalue weighted by Crippen LogP contribution is -2.06. The summed E-state index contributed by atoms with van der Waals surface area (Å²) in [4.78, 5) is 0. The van der Waals surface area contributed by atoms with E-state index in [1.807, 2.05) is 0 Å². The lowest BCUT2D eigenvalue weighted by Gasteiger charge is -2.13. The number of halogens is 1. The van der Waals surface area contributed by atoms with Crippen molar-refractivity contribution in [3.8, 4) is 0 Å². The van der Waals surface area contributed by atoms with Gasteiger partial charge in [-0.1, -0.05) is 28.1 Å². The summed E-state index contributed by atoms with van der Waals surface area (Å²) in [6.07, 6.45) is 2.18. The van der Waals surface area contributed by atoms with Gasteiger partial charge in [-0.2, -0.15) is 0 Å². The Hall–Kier alpha value is -0.280. The van der Waals surface area contributed by atoms with E-state index in [-0.39, 0.29) is 4.75 Å². The Morgan fingerprint density at radius 2 is 2.00 bits per heavy atom. The van der Waals surface area contributed by atoms with Gasteiger partial charge in [0.2, 0.25) is 0 Å². The Balaban J connectivity index is 2.27. The van der Waals surface area contributed by atoms with Crippen molar-refractivity contribution in [3.63, 3.8) is 0 Å². The van der Waals surface area contributed by atoms with Crippen LogP contribution in [0.1, 0.15) is 38.3 Å². The van der Waals surface area contributed by atoms with Gasteiger partial charge in [-0.25, -0.2) is 4.40 Å². The first-order valence-corrected chi connectivity index (χ1v) is 7.07. The summed E-state index contributed by atoms with van der Waals surface area (Å²) in [7, 11) is 0. The molecule has 0 unspecified atom stereocenters. The fourth-order valence-corrected chi connectivity index (χ4v) is 2.89. The van der Waals surface area contributed by atoms with Crippen LogP contribution in [-0.2, 0) is 6.42 Å². The van der Waals surface area contributed by atoms with Crippen molar-refractivity contribution < 1.29 is 0 Å². The molecule has 0 aromatic heterocycles. The summed E-state index contributed by atoms with van der Waals surface area (Å²) in [5.41, 5.74) is 3.98. The van der Waals surface area contributed by atoms with Gasteiger partial charge in [0.15, 0.2) is 0 Å². The number of fused-ring (bicyclic) bond motifs is 1. The first-order valence-electron chi connectivity index (χ1n) is 5.50. The predicted octanol–water partition coefficient (Wildman–Crippen LogP) is 4.63. The molecule has 1 aromatic rings. The Labute approximate surface area is 110 Å². The van der Waals surface area contributed by atoms with Gasteiger partial charge in [0.1, 0.15) is 0 Å². The minimum absolute atomic E-state index is 0.196. The highest BCUT2D eigenvalue weighted by atomic mass is 79.9. The molecule has 0 atom stereocenters. The van der Waals surface area contributed by atoms with Crippen LogP contribution in [0, 0.1) is 0 Å². The van der Waals surface area contributed by atoms with E-state index in [2.05, 4.69) is 59.3 Å². The van der Waals surface area contributed by atoms with Gasteiger partial charge < -0.3 is 0 Å². The molecule has 1 aromatic carbocycles. The van der Waals surface area contributed by atoms with E-state index in [4.69, 9.17) is 0 Å². The molecular formula is C13H16BrNS. The van der Waals surface area contributed by atoms with Crippen LogP contribution in [0.4, 0.5) is 0 Å². The van der Waals surface area contributed by atoms with Crippen molar-refractivity contribution in [1.82, 2.24) is 0 Å². The molecule has 86 valence electrons. The molecule has 1 aliphatic rings. The van der Waals surface area contributed by atoms with Gasteiger partial charge in [-0.15, -0.1) is 0 Å². The van der Waals surface area contributed by atoms with E-state index in [1.54, 1.807) is 11.9 Å². The first kappa shape index (κ1) is 12.2. The van der Waals surface area contributed by atoms with Gasteiger partial charge >= 0.3 is 0 Å². The number of nitrogens with zero attached hydrogens (tertiary/aromatic N) is 1. The first-order chi connectivity index (χ1) is 7.47. The molecule has 0 heterocycles. The second-order valence-corrected chi connectivity index (χ2v) is 7.45. The van der Waals surface area contributed by atoms with Crippen LogP contribution in [0.15, 0.2) is 27.1 Å². The molecule has 3 heteroatoms. The zero-order valence-electron chi connectivity index (χ0n) is 9.88. The van der Waals surface area contributed by atoms with E-state index in [0.717, 1.165) is 12.8 Å². The fourth-order valence-electron chi connectivity index (χ4n) is 1.75. The van der Waals surface area contributed by atoms with Crippen LogP contribution in [0.25, 0.3) is 0 Å². The molecule has 16 heavy (non-hydrogen) atoms. The van der Waals surface area contributed by atoms with Crippen molar-refractivity contribution in [3.05, 3.63) is 33.8 Å². The molecule has 0 saturated heterocycles. The molecule has 2 rings (SSSR count). The number of hydrogen-bond donors (Lipinski definition) is 0. The SMILES string of the molecule is CC(C)(C)SN=C1CCc2c(Br)cccc21. The van der Waals surface area contributed by atoms with E-state index in [9.17, 15) is 0 Å². The quantitative estimate of drug-likeness (QED) is 0.688. The Morgan fingerprint density at radius 1 is 1.25 bits per heavy atom. The molecule has 0 spiro atoms. The maximum Gasteiger partial charge on any atom is 0.0565 e. The molecule has 0 saturated carbocycles. The number of rotatable bonds is 1. The van der Waals surface area contributed by atoms with Crippen LogP contribution in [-0.4, -0.2) is 10.5 Å².